The normalized spacial score (nSPS) is 12.6. The number of ether oxygens (including phenoxy) is 2. The molecule has 0 atom stereocenters. The second kappa shape index (κ2) is 12.2. The molecule has 1 aliphatic heterocycles. The lowest BCUT2D eigenvalue weighted by Crippen LogP contribution is -2.36. The van der Waals surface area contributed by atoms with Crippen LogP contribution in [0.2, 0.25) is 5.02 Å². The quantitative estimate of drug-likeness (QED) is 0.223. The van der Waals surface area contributed by atoms with Gasteiger partial charge in [-0.2, -0.15) is 5.10 Å². The number of hydrogen-bond donors (Lipinski definition) is 1. The van der Waals surface area contributed by atoms with E-state index < -0.39 is 17.9 Å². The van der Waals surface area contributed by atoms with Crippen molar-refractivity contribution in [1.29, 1.82) is 0 Å². The lowest BCUT2D eigenvalue weighted by atomic mass is 10.1. The van der Waals surface area contributed by atoms with Gasteiger partial charge in [0.25, 0.3) is 0 Å². The van der Waals surface area contributed by atoms with Crippen LogP contribution in [-0.4, -0.2) is 52.5 Å². The summed E-state index contributed by atoms with van der Waals surface area (Å²) < 4.78 is 27.5. The van der Waals surface area contributed by atoms with E-state index in [1.807, 2.05) is 50.2 Å². The van der Waals surface area contributed by atoms with Gasteiger partial charge in [0.15, 0.2) is 0 Å². The molecule has 0 radical (unpaired) electrons. The van der Waals surface area contributed by atoms with Gasteiger partial charge in [-0.3, -0.25) is 9.58 Å². The van der Waals surface area contributed by atoms with Gasteiger partial charge in [0.2, 0.25) is 0 Å². The van der Waals surface area contributed by atoms with Gasteiger partial charge in [-0.25, -0.2) is 14.0 Å². The zero-order valence-corrected chi connectivity index (χ0v) is 24.0. The second-order valence-electron chi connectivity index (χ2n) is 9.46. The molecule has 4 aromatic rings. The summed E-state index contributed by atoms with van der Waals surface area (Å²) in [5, 5.41) is 13.5. The number of carboxylic acid groups (broad SMARTS) is 1. The zero-order valence-electron chi connectivity index (χ0n) is 22.4. The van der Waals surface area contributed by atoms with Gasteiger partial charge in [-0.1, -0.05) is 35.9 Å². The Labute approximate surface area is 245 Å². The molecule has 5 rings (SSSR count). The highest BCUT2D eigenvalue weighted by Crippen LogP contribution is 2.42. The summed E-state index contributed by atoms with van der Waals surface area (Å²) in [4.78, 5) is 26.7. The molecular weight excluding hydrogens is 569 g/mol. The van der Waals surface area contributed by atoms with Gasteiger partial charge >= 0.3 is 12.1 Å². The molecule has 1 amide bonds. The Morgan fingerprint density at radius 2 is 1.95 bits per heavy atom. The van der Waals surface area contributed by atoms with Crippen LogP contribution in [-0.2, 0) is 11.3 Å². The third-order valence-electron chi connectivity index (χ3n) is 6.84. The minimum Gasteiger partial charge on any atom is -0.490 e. The van der Waals surface area contributed by atoms with Crippen molar-refractivity contribution >= 4 is 41.1 Å². The van der Waals surface area contributed by atoms with Crippen molar-refractivity contribution in [3.63, 3.8) is 0 Å². The third kappa shape index (κ3) is 6.18. The predicted octanol–water partition coefficient (Wildman–Crippen LogP) is 6.83. The molecule has 2 heterocycles. The number of aromatic nitrogens is 2. The monoisotopic (exact) mass is 595 g/mol. The SMILES string of the molecule is Cc1cccc(OCCOC(=O)N2CCSc3c(-c4cnn(Cc5c(F)cc(C(=O)O)cc5Cl)c4)cccc32)c1C. The maximum atomic E-state index is 14.6. The van der Waals surface area contributed by atoms with Crippen LogP contribution >= 0.6 is 23.4 Å². The summed E-state index contributed by atoms with van der Waals surface area (Å²) in [6, 6.07) is 13.7. The number of fused-ring (bicyclic) bond motifs is 1. The van der Waals surface area contributed by atoms with Crippen molar-refractivity contribution in [3.05, 3.63) is 94.0 Å². The fourth-order valence-electron chi connectivity index (χ4n) is 4.53. The van der Waals surface area contributed by atoms with E-state index in [9.17, 15) is 14.0 Å². The van der Waals surface area contributed by atoms with E-state index in [2.05, 4.69) is 5.10 Å². The number of thioether (sulfide) groups is 1. The summed E-state index contributed by atoms with van der Waals surface area (Å²) in [5.74, 6) is -0.515. The summed E-state index contributed by atoms with van der Waals surface area (Å²) in [5.41, 5.74) is 4.51. The lowest BCUT2D eigenvalue weighted by molar-refractivity contribution is 0.0696. The van der Waals surface area contributed by atoms with Crippen molar-refractivity contribution in [2.45, 2.75) is 25.3 Å². The Balaban J connectivity index is 1.28. The van der Waals surface area contributed by atoms with Crippen LogP contribution < -0.4 is 9.64 Å². The molecule has 11 heteroatoms. The Hall–Kier alpha value is -4.02. The second-order valence-corrected chi connectivity index (χ2v) is 11.0. The minimum atomic E-state index is -1.26. The summed E-state index contributed by atoms with van der Waals surface area (Å²) in [6.45, 7) is 4.89. The molecule has 41 heavy (non-hydrogen) atoms. The van der Waals surface area contributed by atoms with Crippen LogP contribution in [0.1, 0.15) is 27.0 Å². The molecule has 0 spiro atoms. The maximum absolute atomic E-state index is 14.6. The van der Waals surface area contributed by atoms with Gasteiger partial charge in [0, 0.05) is 45.1 Å². The predicted molar refractivity (Wildman–Crippen MR) is 156 cm³/mol. The fourth-order valence-corrected chi connectivity index (χ4v) is 5.95. The zero-order chi connectivity index (χ0) is 29.1. The van der Waals surface area contributed by atoms with Gasteiger partial charge in [0.1, 0.15) is 24.8 Å². The van der Waals surface area contributed by atoms with Gasteiger partial charge in [0.05, 0.1) is 24.0 Å². The first-order valence-corrected chi connectivity index (χ1v) is 14.2. The molecule has 0 aliphatic carbocycles. The van der Waals surface area contributed by atoms with E-state index in [-0.39, 0.29) is 35.9 Å². The molecule has 3 aromatic carbocycles. The van der Waals surface area contributed by atoms with Gasteiger partial charge in [-0.05, 0) is 49.2 Å². The number of aryl methyl sites for hydroxylation is 1. The Bertz CT molecular complexity index is 1600. The average Bonchev–Trinajstić information content (AvgIpc) is 3.42. The number of nitrogens with zero attached hydrogens (tertiary/aromatic N) is 3. The first-order valence-electron chi connectivity index (χ1n) is 12.9. The van der Waals surface area contributed by atoms with Crippen LogP contribution in [0.25, 0.3) is 11.1 Å². The standard InChI is InChI=1S/C30H27ClFN3O5S/c1-18-5-3-8-27(19(18)2)39-10-11-40-30(38)35-9-12-41-28-22(6-4-7-26(28)35)21-15-33-34(16-21)17-23-24(31)13-20(29(36)37)14-25(23)32/h3-8,13-16H,9-12,17H2,1-2H3,(H,36,37). The Morgan fingerprint density at radius 3 is 2.73 bits per heavy atom. The number of carbonyl (C=O) groups is 2. The lowest BCUT2D eigenvalue weighted by Gasteiger charge is -2.29. The van der Waals surface area contributed by atoms with Crippen LogP contribution in [0.5, 0.6) is 5.75 Å². The first kappa shape index (κ1) is 28.5. The summed E-state index contributed by atoms with van der Waals surface area (Å²) in [7, 11) is 0. The van der Waals surface area contributed by atoms with Crippen molar-refractivity contribution in [1.82, 2.24) is 9.78 Å². The Kier molecular flexibility index (Phi) is 8.51. The average molecular weight is 596 g/mol. The fraction of sp³-hybridized carbons (Fsp3) is 0.233. The number of halogens is 2. The highest BCUT2D eigenvalue weighted by molar-refractivity contribution is 7.99. The molecule has 0 unspecified atom stereocenters. The molecule has 212 valence electrons. The van der Waals surface area contributed by atoms with Gasteiger partial charge in [-0.15, -0.1) is 11.8 Å². The molecule has 0 fully saturated rings. The number of anilines is 1. The van der Waals surface area contributed by atoms with E-state index in [0.717, 1.165) is 44.7 Å². The van der Waals surface area contributed by atoms with E-state index in [0.29, 0.717) is 12.3 Å². The number of carbonyl (C=O) groups excluding carboxylic acids is 1. The van der Waals surface area contributed by atoms with E-state index in [4.69, 9.17) is 26.2 Å². The van der Waals surface area contributed by atoms with Crippen molar-refractivity contribution in [2.75, 3.05) is 30.4 Å². The van der Waals surface area contributed by atoms with Crippen molar-refractivity contribution in [3.8, 4) is 16.9 Å². The number of aromatic carboxylic acids is 1. The largest absolute Gasteiger partial charge is 0.490 e. The number of hydrogen-bond acceptors (Lipinski definition) is 6. The van der Waals surface area contributed by atoms with Crippen LogP contribution in [0, 0.1) is 19.7 Å². The highest BCUT2D eigenvalue weighted by Gasteiger charge is 2.27. The van der Waals surface area contributed by atoms with E-state index >= 15 is 0 Å². The molecule has 0 bridgehead atoms. The highest BCUT2D eigenvalue weighted by atomic mass is 35.5. The van der Waals surface area contributed by atoms with Crippen molar-refractivity contribution in [2.24, 2.45) is 0 Å². The number of rotatable bonds is 8. The maximum Gasteiger partial charge on any atom is 0.414 e. The minimum absolute atomic E-state index is 0.0145. The molecular formula is C30H27ClFN3O5S. The van der Waals surface area contributed by atoms with Crippen LogP contribution in [0.3, 0.4) is 0 Å². The molecule has 8 nitrogen and oxygen atoms in total. The molecule has 1 aliphatic rings. The van der Waals surface area contributed by atoms with Crippen molar-refractivity contribution < 1.29 is 28.6 Å². The van der Waals surface area contributed by atoms with E-state index in [1.165, 1.54) is 10.7 Å². The number of carboxylic acids is 1. The Morgan fingerprint density at radius 1 is 1.15 bits per heavy atom. The van der Waals surface area contributed by atoms with Crippen LogP contribution in [0.4, 0.5) is 14.9 Å². The molecule has 1 N–H and O–H groups in total. The van der Waals surface area contributed by atoms with Crippen LogP contribution in [0.15, 0.2) is 65.8 Å². The third-order valence-corrected chi connectivity index (χ3v) is 8.28. The smallest absolute Gasteiger partial charge is 0.414 e. The number of benzene rings is 3. The summed E-state index contributed by atoms with van der Waals surface area (Å²) in [6.07, 6.45) is 2.98. The molecule has 0 saturated heterocycles. The number of amides is 1. The molecule has 0 saturated carbocycles. The van der Waals surface area contributed by atoms with E-state index in [1.54, 1.807) is 29.1 Å². The topological polar surface area (TPSA) is 93.9 Å². The molecule has 1 aromatic heterocycles. The first-order chi connectivity index (χ1) is 19.7. The summed E-state index contributed by atoms with van der Waals surface area (Å²) >= 11 is 7.81. The van der Waals surface area contributed by atoms with Gasteiger partial charge < -0.3 is 14.6 Å².